The molecule has 0 aliphatic carbocycles. The average molecular weight is 701 g/mol. The first kappa shape index (κ1) is 30.0. The van der Waals surface area contributed by atoms with Crippen LogP contribution < -0.4 is 4.90 Å². The number of hydrogen-bond acceptors (Lipinski definition) is 3. The molecule has 0 fully saturated rings. The van der Waals surface area contributed by atoms with E-state index in [4.69, 9.17) is 4.42 Å². The van der Waals surface area contributed by atoms with Crippen molar-refractivity contribution in [3.05, 3.63) is 182 Å². The zero-order valence-electron chi connectivity index (χ0n) is 28.3. The summed E-state index contributed by atoms with van der Waals surface area (Å²) in [4.78, 5) is 2.31. The fourth-order valence-corrected chi connectivity index (χ4v) is 9.15. The van der Waals surface area contributed by atoms with Crippen molar-refractivity contribution in [3.8, 4) is 16.8 Å². The predicted octanol–water partition coefficient (Wildman–Crippen LogP) is 14.3. The minimum atomic E-state index is -0.246. The molecule has 0 aliphatic rings. The normalized spacial score (nSPS) is 11.9. The minimum Gasteiger partial charge on any atom is -0.454 e. The zero-order valence-corrected chi connectivity index (χ0v) is 29.1. The summed E-state index contributed by atoms with van der Waals surface area (Å²) in [7, 11) is 0. The number of aromatic nitrogens is 1. The van der Waals surface area contributed by atoms with Crippen LogP contribution >= 0.6 is 11.3 Å². The molecule has 0 atom stereocenters. The van der Waals surface area contributed by atoms with Crippen LogP contribution in [0.3, 0.4) is 0 Å². The minimum absolute atomic E-state index is 0.246. The van der Waals surface area contributed by atoms with E-state index in [0.717, 1.165) is 72.2 Å². The maximum atomic E-state index is 14.0. The van der Waals surface area contributed by atoms with Crippen LogP contribution in [-0.4, -0.2) is 4.57 Å². The molecule has 0 amide bonds. The van der Waals surface area contributed by atoms with E-state index in [-0.39, 0.29) is 5.82 Å². The van der Waals surface area contributed by atoms with E-state index in [1.807, 2.05) is 35.6 Å². The van der Waals surface area contributed by atoms with Gasteiger partial charge in [-0.2, -0.15) is 0 Å². The van der Waals surface area contributed by atoms with Crippen molar-refractivity contribution in [2.24, 2.45) is 0 Å². The number of rotatable bonds is 5. The van der Waals surface area contributed by atoms with E-state index < -0.39 is 0 Å². The topological polar surface area (TPSA) is 21.3 Å². The molecule has 11 aromatic rings. The summed E-state index contributed by atoms with van der Waals surface area (Å²) < 4.78 is 25.3. The van der Waals surface area contributed by atoms with Crippen molar-refractivity contribution in [1.29, 1.82) is 0 Å². The van der Waals surface area contributed by atoms with Gasteiger partial charge in [0.1, 0.15) is 11.4 Å². The standard InChI is InChI=1S/C48H29FN2OS/c49-32-19-23-34(24-20-32)51-42-12-4-1-8-36(42)37-26-18-31(28-44(37)51)30-16-21-33(22-17-30)50(35-25-27-40-39-10-3-6-15-46(39)53-47(40)29-35)43-13-7-11-41-38-9-2-5-14-45(38)52-48(41)43/h1-29H. The van der Waals surface area contributed by atoms with E-state index >= 15 is 0 Å². The van der Waals surface area contributed by atoms with Gasteiger partial charge < -0.3 is 13.9 Å². The van der Waals surface area contributed by atoms with Gasteiger partial charge in [0.05, 0.1) is 16.7 Å². The van der Waals surface area contributed by atoms with Crippen molar-refractivity contribution in [2.75, 3.05) is 4.90 Å². The van der Waals surface area contributed by atoms with Gasteiger partial charge in [0.2, 0.25) is 0 Å². The lowest BCUT2D eigenvalue weighted by Crippen LogP contribution is -2.10. The van der Waals surface area contributed by atoms with Crippen LogP contribution in [0.5, 0.6) is 0 Å². The summed E-state index contributed by atoms with van der Waals surface area (Å²) in [6.07, 6.45) is 0. The van der Waals surface area contributed by atoms with Gasteiger partial charge in [-0.15, -0.1) is 11.3 Å². The fourth-order valence-electron chi connectivity index (χ4n) is 8.01. The highest BCUT2D eigenvalue weighted by molar-refractivity contribution is 7.25. The molecule has 0 unspecified atom stereocenters. The summed E-state index contributed by atoms with van der Waals surface area (Å²) in [6, 6.07) is 60.6. The van der Waals surface area contributed by atoms with Gasteiger partial charge in [-0.1, -0.05) is 97.1 Å². The fraction of sp³-hybridized carbons (Fsp3) is 0. The molecule has 53 heavy (non-hydrogen) atoms. The lowest BCUT2D eigenvalue weighted by atomic mass is 10.0. The molecule has 3 heterocycles. The first-order valence-corrected chi connectivity index (χ1v) is 18.5. The molecule has 8 aromatic carbocycles. The predicted molar refractivity (Wildman–Crippen MR) is 221 cm³/mol. The van der Waals surface area contributed by atoms with Gasteiger partial charge >= 0.3 is 0 Å². The molecule has 5 heteroatoms. The Morgan fingerprint density at radius 3 is 2.00 bits per heavy atom. The van der Waals surface area contributed by atoms with Gasteiger partial charge in [-0.05, 0) is 90.0 Å². The largest absolute Gasteiger partial charge is 0.454 e. The Bertz CT molecular complexity index is 3190. The van der Waals surface area contributed by atoms with E-state index in [0.29, 0.717) is 0 Å². The number of anilines is 3. The van der Waals surface area contributed by atoms with Crippen LogP contribution in [0.15, 0.2) is 180 Å². The molecule has 0 spiro atoms. The second kappa shape index (κ2) is 11.7. The summed E-state index contributed by atoms with van der Waals surface area (Å²) in [6.45, 7) is 0. The molecule has 0 bridgehead atoms. The third-order valence-electron chi connectivity index (χ3n) is 10.5. The quantitative estimate of drug-likeness (QED) is 0.178. The lowest BCUT2D eigenvalue weighted by molar-refractivity contribution is 0.627. The lowest BCUT2D eigenvalue weighted by Gasteiger charge is -2.26. The second-order valence-corrected chi connectivity index (χ2v) is 14.6. The molecule has 250 valence electrons. The highest BCUT2D eigenvalue weighted by atomic mass is 32.1. The molecule has 3 aromatic heterocycles. The van der Waals surface area contributed by atoms with Crippen LogP contribution in [0, 0.1) is 5.82 Å². The van der Waals surface area contributed by atoms with Crippen LogP contribution in [0.25, 0.3) is 80.7 Å². The SMILES string of the molecule is Fc1ccc(-n2c3ccccc3c3ccc(-c4ccc(N(c5ccc6c(c5)sc5ccccc56)c5cccc6c5oc5ccccc56)cc4)cc32)cc1. The third kappa shape index (κ3) is 4.71. The monoisotopic (exact) mass is 700 g/mol. The molecule has 0 saturated heterocycles. The maximum Gasteiger partial charge on any atom is 0.159 e. The molecule has 0 N–H and O–H groups in total. The van der Waals surface area contributed by atoms with Crippen LogP contribution in [0.2, 0.25) is 0 Å². The van der Waals surface area contributed by atoms with E-state index in [9.17, 15) is 4.39 Å². The van der Waals surface area contributed by atoms with E-state index in [1.165, 1.54) is 37.7 Å². The van der Waals surface area contributed by atoms with Crippen LogP contribution in [0.4, 0.5) is 21.5 Å². The highest BCUT2D eigenvalue weighted by Crippen LogP contribution is 2.45. The van der Waals surface area contributed by atoms with Crippen molar-refractivity contribution < 1.29 is 8.81 Å². The van der Waals surface area contributed by atoms with Crippen molar-refractivity contribution in [3.63, 3.8) is 0 Å². The first-order valence-electron chi connectivity index (χ1n) is 17.7. The van der Waals surface area contributed by atoms with E-state index in [1.54, 1.807) is 0 Å². The van der Waals surface area contributed by atoms with Crippen molar-refractivity contribution >= 4 is 92.3 Å². The molecule has 0 saturated carbocycles. The van der Waals surface area contributed by atoms with Gasteiger partial charge in [-0.25, -0.2) is 4.39 Å². The van der Waals surface area contributed by atoms with Gasteiger partial charge in [0.15, 0.2) is 5.58 Å². The molecule has 11 rings (SSSR count). The summed E-state index contributed by atoms with van der Waals surface area (Å²) in [5.74, 6) is -0.246. The maximum absolute atomic E-state index is 14.0. The summed E-state index contributed by atoms with van der Waals surface area (Å²) in [5.41, 5.74) is 10.1. The third-order valence-corrected chi connectivity index (χ3v) is 11.6. The number of benzene rings is 8. The summed E-state index contributed by atoms with van der Waals surface area (Å²) in [5, 5.41) is 7.07. The Kier molecular flexibility index (Phi) is 6.60. The Morgan fingerprint density at radius 1 is 0.472 bits per heavy atom. The zero-order chi connectivity index (χ0) is 35.0. The Balaban J connectivity index is 1.07. The smallest absolute Gasteiger partial charge is 0.159 e. The molecule has 3 nitrogen and oxygen atoms in total. The number of furan rings is 1. The Labute approximate surface area is 308 Å². The van der Waals surface area contributed by atoms with Gasteiger partial charge in [0.25, 0.3) is 0 Å². The molecular weight excluding hydrogens is 672 g/mol. The molecular formula is C48H29FN2OS. The highest BCUT2D eigenvalue weighted by Gasteiger charge is 2.21. The summed E-state index contributed by atoms with van der Waals surface area (Å²) >= 11 is 1.82. The second-order valence-electron chi connectivity index (χ2n) is 13.5. The number of hydrogen-bond donors (Lipinski definition) is 0. The Morgan fingerprint density at radius 2 is 1.13 bits per heavy atom. The first-order chi connectivity index (χ1) is 26.2. The average Bonchev–Trinajstić information content (AvgIpc) is 3.88. The van der Waals surface area contributed by atoms with Crippen LogP contribution in [0.1, 0.15) is 0 Å². The number of thiophene rings is 1. The molecule has 0 aliphatic heterocycles. The number of fused-ring (bicyclic) bond motifs is 9. The van der Waals surface area contributed by atoms with Crippen LogP contribution in [-0.2, 0) is 0 Å². The molecule has 0 radical (unpaired) electrons. The number of para-hydroxylation sites is 3. The van der Waals surface area contributed by atoms with Crippen molar-refractivity contribution in [2.45, 2.75) is 0 Å². The van der Waals surface area contributed by atoms with Crippen molar-refractivity contribution in [1.82, 2.24) is 4.57 Å². The van der Waals surface area contributed by atoms with E-state index in [2.05, 4.69) is 149 Å². The Hall–Kier alpha value is -6.69. The number of nitrogens with zero attached hydrogens (tertiary/aromatic N) is 2. The van der Waals surface area contributed by atoms with Gasteiger partial charge in [-0.3, -0.25) is 0 Å². The van der Waals surface area contributed by atoms with Gasteiger partial charge in [0, 0.05) is 58.8 Å². The number of halogens is 1.